The minimum atomic E-state index is -0.122. The summed E-state index contributed by atoms with van der Waals surface area (Å²) < 4.78 is 5.33. The summed E-state index contributed by atoms with van der Waals surface area (Å²) in [6, 6.07) is 8.44. The van der Waals surface area contributed by atoms with Crippen molar-refractivity contribution in [2.75, 3.05) is 11.9 Å². The zero-order valence-corrected chi connectivity index (χ0v) is 11.2. The molecule has 2 aliphatic rings. The van der Waals surface area contributed by atoms with Crippen molar-refractivity contribution < 1.29 is 9.53 Å². The molecule has 1 fully saturated rings. The van der Waals surface area contributed by atoms with E-state index < -0.39 is 0 Å². The molecule has 104 valence electrons. The molecular formula is C15H17N3O2. The van der Waals surface area contributed by atoms with Gasteiger partial charge in [0.25, 0.3) is 5.91 Å². The van der Waals surface area contributed by atoms with E-state index in [9.17, 15) is 4.79 Å². The van der Waals surface area contributed by atoms with E-state index in [0.717, 1.165) is 30.5 Å². The van der Waals surface area contributed by atoms with E-state index in [1.807, 2.05) is 18.2 Å². The Labute approximate surface area is 117 Å². The molecule has 0 spiro atoms. The van der Waals surface area contributed by atoms with Crippen molar-refractivity contribution >= 4 is 11.6 Å². The fraction of sp³-hybridized carbons (Fsp3) is 0.467. The lowest BCUT2D eigenvalue weighted by molar-refractivity contribution is -0.118. The highest BCUT2D eigenvalue weighted by atomic mass is 16.5. The predicted molar refractivity (Wildman–Crippen MR) is 74.1 cm³/mol. The number of carbonyl (C=O) groups is 1. The molecule has 1 aliphatic carbocycles. The van der Waals surface area contributed by atoms with E-state index in [4.69, 9.17) is 10.00 Å². The van der Waals surface area contributed by atoms with Crippen LogP contribution < -0.4 is 15.4 Å². The van der Waals surface area contributed by atoms with Gasteiger partial charge < -0.3 is 15.4 Å². The van der Waals surface area contributed by atoms with E-state index in [1.165, 1.54) is 0 Å². The number of fused-ring (bicyclic) bond motifs is 1. The van der Waals surface area contributed by atoms with Crippen molar-refractivity contribution in [1.82, 2.24) is 5.32 Å². The first-order valence-electron chi connectivity index (χ1n) is 6.95. The van der Waals surface area contributed by atoms with Crippen LogP contribution in [0.25, 0.3) is 0 Å². The Kier molecular flexibility index (Phi) is 3.57. The van der Waals surface area contributed by atoms with Crippen LogP contribution in [0, 0.1) is 17.2 Å². The molecule has 1 saturated carbocycles. The fourth-order valence-electron chi connectivity index (χ4n) is 2.85. The Bertz CT molecular complexity index is 565. The molecule has 1 aromatic carbocycles. The number of anilines is 1. The van der Waals surface area contributed by atoms with Crippen LogP contribution >= 0.6 is 0 Å². The molecule has 0 aromatic heterocycles. The molecule has 0 radical (unpaired) electrons. The van der Waals surface area contributed by atoms with Crippen molar-refractivity contribution in [3.8, 4) is 11.8 Å². The van der Waals surface area contributed by atoms with Gasteiger partial charge in [0.1, 0.15) is 5.75 Å². The van der Waals surface area contributed by atoms with Gasteiger partial charge in [-0.2, -0.15) is 5.26 Å². The van der Waals surface area contributed by atoms with Gasteiger partial charge in [-0.3, -0.25) is 4.79 Å². The lowest BCUT2D eigenvalue weighted by Crippen LogP contribution is -2.31. The molecule has 1 aromatic rings. The van der Waals surface area contributed by atoms with Crippen LogP contribution in [0.4, 0.5) is 5.69 Å². The molecule has 3 rings (SSSR count). The van der Waals surface area contributed by atoms with Crippen LogP contribution in [-0.2, 0) is 11.3 Å². The number of amides is 1. The number of benzene rings is 1. The van der Waals surface area contributed by atoms with Crippen LogP contribution in [0.3, 0.4) is 0 Å². The number of ether oxygens (including phenoxy) is 1. The molecule has 5 nitrogen and oxygen atoms in total. The summed E-state index contributed by atoms with van der Waals surface area (Å²) in [6.45, 7) is 0.780. The van der Waals surface area contributed by atoms with Gasteiger partial charge >= 0.3 is 0 Å². The largest absolute Gasteiger partial charge is 0.482 e. The van der Waals surface area contributed by atoms with E-state index in [1.54, 1.807) is 0 Å². The standard InChI is InChI=1S/C15H17N3O2/c16-7-11-2-1-3-12(11)17-8-10-4-5-14-13(6-10)18-15(19)9-20-14/h4-6,11-12,17H,1-3,8-9H2,(H,18,19). The number of nitrogens with one attached hydrogen (secondary N) is 2. The van der Waals surface area contributed by atoms with E-state index in [2.05, 4.69) is 16.7 Å². The Balaban J connectivity index is 1.65. The summed E-state index contributed by atoms with van der Waals surface area (Å²) in [5, 5.41) is 15.3. The minimum absolute atomic E-state index is 0.0799. The van der Waals surface area contributed by atoms with Crippen molar-refractivity contribution in [3.63, 3.8) is 0 Å². The quantitative estimate of drug-likeness (QED) is 0.879. The first-order chi connectivity index (χ1) is 9.76. The number of carbonyl (C=O) groups excluding carboxylic acids is 1. The summed E-state index contributed by atoms with van der Waals surface area (Å²) in [7, 11) is 0. The van der Waals surface area contributed by atoms with Crippen LogP contribution in [-0.4, -0.2) is 18.6 Å². The molecule has 0 bridgehead atoms. The minimum Gasteiger partial charge on any atom is -0.482 e. The van der Waals surface area contributed by atoms with Gasteiger partial charge in [-0.05, 0) is 30.5 Å². The first-order valence-corrected chi connectivity index (χ1v) is 6.95. The molecule has 2 unspecified atom stereocenters. The molecule has 1 aliphatic heterocycles. The number of rotatable bonds is 3. The second-order valence-electron chi connectivity index (χ2n) is 5.32. The lowest BCUT2D eigenvalue weighted by Gasteiger charge is -2.20. The van der Waals surface area contributed by atoms with Gasteiger partial charge in [-0.15, -0.1) is 0 Å². The van der Waals surface area contributed by atoms with Crippen LogP contribution in [0.1, 0.15) is 24.8 Å². The van der Waals surface area contributed by atoms with Gasteiger partial charge in [-0.25, -0.2) is 0 Å². The van der Waals surface area contributed by atoms with Crippen molar-refractivity contribution in [2.45, 2.75) is 31.8 Å². The Morgan fingerprint density at radius 3 is 3.20 bits per heavy atom. The zero-order chi connectivity index (χ0) is 13.9. The van der Waals surface area contributed by atoms with Crippen molar-refractivity contribution in [2.24, 2.45) is 5.92 Å². The van der Waals surface area contributed by atoms with Gasteiger partial charge in [0.05, 0.1) is 17.7 Å². The summed E-state index contributed by atoms with van der Waals surface area (Å²) in [4.78, 5) is 11.3. The average Bonchev–Trinajstić information content (AvgIpc) is 2.92. The highest BCUT2D eigenvalue weighted by Crippen LogP contribution is 2.29. The third kappa shape index (κ3) is 2.61. The second kappa shape index (κ2) is 5.51. The smallest absolute Gasteiger partial charge is 0.262 e. The lowest BCUT2D eigenvalue weighted by atomic mass is 10.1. The number of hydrogen-bond acceptors (Lipinski definition) is 4. The molecule has 20 heavy (non-hydrogen) atoms. The highest BCUT2D eigenvalue weighted by molar-refractivity contribution is 5.95. The Morgan fingerprint density at radius 2 is 2.35 bits per heavy atom. The molecule has 5 heteroatoms. The van der Waals surface area contributed by atoms with E-state index in [0.29, 0.717) is 12.3 Å². The second-order valence-corrected chi connectivity index (χ2v) is 5.32. The molecule has 1 amide bonds. The van der Waals surface area contributed by atoms with Gasteiger partial charge in [0.15, 0.2) is 6.61 Å². The topological polar surface area (TPSA) is 74.2 Å². The van der Waals surface area contributed by atoms with Crippen LogP contribution in [0.5, 0.6) is 5.75 Å². The third-order valence-corrected chi connectivity index (χ3v) is 3.93. The Morgan fingerprint density at radius 1 is 1.45 bits per heavy atom. The number of nitrogens with zero attached hydrogens (tertiary/aromatic N) is 1. The normalized spacial score (nSPS) is 24.4. The molecule has 2 atom stereocenters. The molecule has 2 N–H and O–H groups in total. The molecular weight excluding hydrogens is 254 g/mol. The van der Waals surface area contributed by atoms with Gasteiger partial charge in [-0.1, -0.05) is 12.5 Å². The summed E-state index contributed by atoms with van der Waals surface area (Å²) in [5.74, 6) is 0.711. The van der Waals surface area contributed by atoms with Gasteiger partial charge in [0, 0.05) is 12.6 Å². The maximum Gasteiger partial charge on any atom is 0.262 e. The maximum absolute atomic E-state index is 11.3. The van der Waals surface area contributed by atoms with Gasteiger partial charge in [0.2, 0.25) is 0 Å². The molecule has 0 saturated heterocycles. The number of nitriles is 1. The van der Waals surface area contributed by atoms with Crippen LogP contribution in [0.2, 0.25) is 0 Å². The third-order valence-electron chi connectivity index (χ3n) is 3.93. The summed E-state index contributed by atoms with van der Waals surface area (Å²) >= 11 is 0. The summed E-state index contributed by atoms with van der Waals surface area (Å²) in [6.07, 6.45) is 3.16. The Hall–Kier alpha value is -2.06. The maximum atomic E-state index is 11.3. The first kappa shape index (κ1) is 12.9. The van der Waals surface area contributed by atoms with Crippen molar-refractivity contribution in [1.29, 1.82) is 5.26 Å². The van der Waals surface area contributed by atoms with E-state index >= 15 is 0 Å². The van der Waals surface area contributed by atoms with Crippen molar-refractivity contribution in [3.05, 3.63) is 23.8 Å². The summed E-state index contributed by atoms with van der Waals surface area (Å²) in [5.41, 5.74) is 1.81. The SMILES string of the molecule is N#CC1CCCC1NCc1ccc2c(c1)NC(=O)CO2. The zero-order valence-electron chi connectivity index (χ0n) is 11.2. The highest BCUT2D eigenvalue weighted by Gasteiger charge is 2.26. The predicted octanol–water partition coefficient (Wildman–Crippen LogP) is 1.80. The average molecular weight is 271 g/mol. The van der Waals surface area contributed by atoms with E-state index in [-0.39, 0.29) is 24.5 Å². The molecule has 1 heterocycles. The number of hydrogen-bond donors (Lipinski definition) is 2. The van der Waals surface area contributed by atoms with Crippen LogP contribution in [0.15, 0.2) is 18.2 Å². The monoisotopic (exact) mass is 271 g/mol. The fourth-order valence-corrected chi connectivity index (χ4v) is 2.85.